The topological polar surface area (TPSA) is 53.3 Å². The first-order valence-electron chi connectivity index (χ1n) is 2.31. The lowest BCUT2D eigenvalue weighted by Gasteiger charge is -1.82. The largest absolute Gasteiger partial charge is 0.303 e. The van der Waals surface area contributed by atoms with Gasteiger partial charge in [0, 0.05) is 6.21 Å². The quantitative estimate of drug-likeness (QED) is 0.318. The first-order chi connectivity index (χ1) is 3.81. The minimum Gasteiger partial charge on any atom is -0.303 e. The lowest BCUT2D eigenvalue weighted by atomic mass is 10.4. The molecule has 0 unspecified atom stereocenters. The molecule has 0 aliphatic carbocycles. The van der Waals surface area contributed by atoms with Crippen LogP contribution in [0.5, 0.6) is 0 Å². The van der Waals surface area contributed by atoms with Gasteiger partial charge in [-0.15, -0.1) is 0 Å². The van der Waals surface area contributed by atoms with E-state index in [0.717, 1.165) is 0 Å². The molecule has 8 heavy (non-hydrogen) atoms. The van der Waals surface area contributed by atoms with Gasteiger partial charge >= 0.3 is 0 Å². The van der Waals surface area contributed by atoms with Crippen LogP contribution in [0.2, 0.25) is 0 Å². The summed E-state index contributed by atoms with van der Waals surface area (Å²) in [5, 5.41) is 6.86. The fraction of sp³-hybridized carbons (Fsp3) is 0.400. The van der Waals surface area contributed by atoms with E-state index >= 15 is 0 Å². The van der Waals surface area contributed by atoms with Crippen molar-refractivity contribution in [3.8, 4) is 0 Å². The predicted octanol–water partition coefficient (Wildman–Crippen LogP) is 0.643. The SMILES string of the molecule is CC=NC(=N)CC=O. The van der Waals surface area contributed by atoms with Gasteiger partial charge in [-0.05, 0) is 6.92 Å². The van der Waals surface area contributed by atoms with Crippen LogP contribution in [0.3, 0.4) is 0 Å². The van der Waals surface area contributed by atoms with Crippen LogP contribution < -0.4 is 0 Å². The maximum Gasteiger partial charge on any atom is 0.127 e. The maximum atomic E-state index is 9.68. The van der Waals surface area contributed by atoms with E-state index in [9.17, 15) is 4.79 Å². The molecule has 0 aromatic rings. The molecule has 1 N–H and O–H groups in total. The Hall–Kier alpha value is -0.990. The molecule has 0 aromatic carbocycles. The van der Waals surface area contributed by atoms with Crippen molar-refractivity contribution >= 4 is 18.3 Å². The average Bonchev–Trinajstić information content (AvgIpc) is 1.68. The summed E-state index contributed by atoms with van der Waals surface area (Å²) in [6.45, 7) is 1.71. The summed E-state index contributed by atoms with van der Waals surface area (Å²) in [5.74, 6) is 0.113. The Balaban J connectivity index is 3.48. The third kappa shape index (κ3) is 3.21. The van der Waals surface area contributed by atoms with E-state index in [4.69, 9.17) is 5.41 Å². The Bertz CT molecular complexity index is 118. The molecule has 0 radical (unpaired) electrons. The van der Waals surface area contributed by atoms with Crippen LogP contribution in [0.4, 0.5) is 0 Å². The van der Waals surface area contributed by atoms with Crippen LogP contribution in [-0.2, 0) is 4.79 Å². The molecule has 0 heterocycles. The molecule has 0 atom stereocenters. The number of aldehydes is 1. The first kappa shape index (κ1) is 7.01. The number of nitrogens with zero attached hydrogens (tertiary/aromatic N) is 1. The normalized spacial score (nSPS) is 9.62. The number of carbonyl (C=O) groups excluding carboxylic acids is 1. The van der Waals surface area contributed by atoms with Crippen molar-refractivity contribution in [1.29, 1.82) is 5.41 Å². The molecule has 0 aliphatic rings. The van der Waals surface area contributed by atoms with Gasteiger partial charge in [-0.2, -0.15) is 0 Å². The molecule has 0 saturated heterocycles. The number of carbonyl (C=O) groups is 1. The first-order valence-corrected chi connectivity index (χ1v) is 2.31. The van der Waals surface area contributed by atoms with Crippen LogP contribution >= 0.6 is 0 Å². The fourth-order valence-electron chi connectivity index (χ4n) is 0.287. The second kappa shape index (κ2) is 4.18. The summed E-state index contributed by atoms with van der Waals surface area (Å²) in [5.41, 5.74) is 0. The molecule has 0 amide bonds. The summed E-state index contributed by atoms with van der Waals surface area (Å²) in [6.07, 6.45) is 2.27. The molecule has 3 heteroatoms. The van der Waals surface area contributed by atoms with E-state index in [1.54, 1.807) is 6.92 Å². The van der Waals surface area contributed by atoms with Gasteiger partial charge in [-0.3, -0.25) is 5.41 Å². The third-order valence-corrected chi connectivity index (χ3v) is 0.562. The standard InChI is InChI=1S/C5H8N2O/c1-2-7-5(6)3-4-8/h2,4,6H,3H2,1H3. The number of aliphatic imine (C=N–C) groups is 1. The van der Waals surface area contributed by atoms with Crippen molar-refractivity contribution in [2.75, 3.05) is 0 Å². The molecule has 0 bridgehead atoms. The number of rotatable bonds is 2. The zero-order valence-corrected chi connectivity index (χ0v) is 4.72. The Morgan fingerprint density at radius 1 is 1.88 bits per heavy atom. The summed E-state index contributed by atoms with van der Waals surface area (Å²) in [4.78, 5) is 13.2. The van der Waals surface area contributed by atoms with Crippen LogP contribution in [0.25, 0.3) is 0 Å². The van der Waals surface area contributed by atoms with E-state index in [1.165, 1.54) is 6.21 Å². The van der Waals surface area contributed by atoms with E-state index in [0.29, 0.717) is 6.29 Å². The summed E-state index contributed by atoms with van der Waals surface area (Å²) in [6, 6.07) is 0. The molecule has 0 aliphatic heterocycles. The molecule has 0 spiro atoms. The minimum absolute atomic E-state index is 0.113. The van der Waals surface area contributed by atoms with Crippen molar-refractivity contribution < 1.29 is 4.79 Å². The zero-order chi connectivity index (χ0) is 6.41. The highest BCUT2D eigenvalue weighted by molar-refractivity contribution is 5.94. The van der Waals surface area contributed by atoms with E-state index in [2.05, 4.69) is 4.99 Å². The Kier molecular flexibility index (Phi) is 3.66. The van der Waals surface area contributed by atoms with Gasteiger partial charge < -0.3 is 4.79 Å². The van der Waals surface area contributed by atoms with Gasteiger partial charge in [0.1, 0.15) is 12.1 Å². The highest BCUT2D eigenvalue weighted by Gasteiger charge is 1.85. The number of hydrogen-bond donors (Lipinski definition) is 1. The smallest absolute Gasteiger partial charge is 0.127 e. The second-order valence-corrected chi connectivity index (χ2v) is 1.20. The average molecular weight is 112 g/mol. The summed E-state index contributed by atoms with van der Waals surface area (Å²) in [7, 11) is 0. The van der Waals surface area contributed by atoms with Crippen LogP contribution in [0.15, 0.2) is 4.99 Å². The number of hydrogen-bond acceptors (Lipinski definition) is 2. The van der Waals surface area contributed by atoms with Crippen molar-refractivity contribution in [3.63, 3.8) is 0 Å². The number of amidine groups is 1. The van der Waals surface area contributed by atoms with Gasteiger partial charge in [-0.1, -0.05) is 0 Å². The monoisotopic (exact) mass is 112 g/mol. The zero-order valence-electron chi connectivity index (χ0n) is 4.72. The van der Waals surface area contributed by atoms with Crippen LogP contribution in [0, 0.1) is 5.41 Å². The van der Waals surface area contributed by atoms with Gasteiger partial charge in [0.15, 0.2) is 0 Å². The summed E-state index contributed by atoms with van der Waals surface area (Å²) >= 11 is 0. The highest BCUT2D eigenvalue weighted by Crippen LogP contribution is 1.77. The second-order valence-electron chi connectivity index (χ2n) is 1.20. The van der Waals surface area contributed by atoms with Gasteiger partial charge in [-0.25, -0.2) is 4.99 Å². The molecule has 0 saturated carbocycles. The molecule has 0 fully saturated rings. The van der Waals surface area contributed by atoms with E-state index in [-0.39, 0.29) is 12.3 Å². The molecular weight excluding hydrogens is 104 g/mol. The van der Waals surface area contributed by atoms with Crippen molar-refractivity contribution in [3.05, 3.63) is 0 Å². The van der Waals surface area contributed by atoms with E-state index in [1.807, 2.05) is 0 Å². The molecule has 0 rings (SSSR count). The Morgan fingerprint density at radius 2 is 2.50 bits per heavy atom. The van der Waals surface area contributed by atoms with Crippen molar-refractivity contribution in [1.82, 2.24) is 0 Å². The molecular formula is C5H8N2O. The lowest BCUT2D eigenvalue weighted by molar-refractivity contribution is -0.106. The minimum atomic E-state index is 0.113. The van der Waals surface area contributed by atoms with Crippen molar-refractivity contribution in [2.24, 2.45) is 4.99 Å². The Morgan fingerprint density at radius 3 is 2.88 bits per heavy atom. The molecule has 3 nitrogen and oxygen atoms in total. The van der Waals surface area contributed by atoms with E-state index < -0.39 is 0 Å². The van der Waals surface area contributed by atoms with Crippen LogP contribution in [-0.4, -0.2) is 18.3 Å². The number of nitrogens with one attached hydrogen (secondary N) is 1. The van der Waals surface area contributed by atoms with Gasteiger partial charge in [0.25, 0.3) is 0 Å². The predicted molar refractivity (Wildman–Crippen MR) is 32.6 cm³/mol. The maximum absolute atomic E-state index is 9.68. The Labute approximate surface area is 47.9 Å². The van der Waals surface area contributed by atoms with Crippen molar-refractivity contribution in [2.45, 2.75) is 13.3 Å². The fourth-order valence-corrected chi connectivity index (χ4v) is 0.287. The van der Waals surface area contributed by atoms with Crippen LogP contribution in [0.1, 0.15) is 13.3 Å². The summed E-state index contributed by atoms with van der Waals surface area (Å²) < 4.78 is 0. The lowest BCUT2D eigenvalue weighted by Crippen LogP contribution is -1.90. The van der Waals surface area contributed by atoms with Gasteiger partial charge in [0.2, 0.25) is 0 Å². The molecule has 0 aromatic heterocycles. The third-order valence-electron chi connectivity index (χ3n) is 0.562. The van der Waals surface area contributed by atoms with Gasteiger partial charge in [0.05, 0.1) is 6.42 Å². The molecule has 44 valence electrons. The highest BCUT2D eigenvalue weighted by atomic mass is 16.1.